The molecule has 0 saturated carbocycles. The minimum Gasteiger partial charge on any atom is -0.508 e. The number of carbonyl (C=O) groups is 1. The molecule has 2 aromatic rings. The number of aromatic hydroxyl groups is 3. The van der Waals surface area contributed by atoms with Crippen LogP contribution in [0.5, 0.6) is 23.0 Å². The summed E-state index contributed by atoms with van der Waals surface area (Å²) >= 11 is 0. The van der Waals surface area contributed by atoms with E-state index < -0.39 is 33.6 Å². The van der Waals surface area contributed by atoms with Crippen LogP contribution in [0.2, 0.25) is 0 Å². The molecule has 0 bridgehead atoms. The first kappa shape index (κ1) is 17.6. The van der Waals surface area contributed by atoms with Gasteiger partial charge in [-0.2, -0.15) is 8.42 Å². The summed E-state index contributed by atoms with van der Waals surface area (Å²) in [6, 6.07) is 7.15. The molecule has 0 fully saturated rings. The molecular formula is C15H14O8S. The Morgan fingerprint density at radius 2 is 1.54 bits per heavy atom. The maximum absolute atomic E-state index is 12.4. The second kappa shape index (κ2) is 6.38. The van der Waals surface area contributed by atoms with Gasteiger partial charge in [-0.1, -0.05) is 19.1 Å². The van der Waals surface area contributed by atoms with Crippen LogP contribution < -0.4 is 4.18 Å². The number of benzene rings is 2. The highest BCUT2D eigenvalue weighted by atomic mass is 32.3. The minimum atomic E-state index is -4.64. The van der Waals surface area contributed by atoms with Crippen LogP contribution in [0.25, 0.3) is 0 Å². The number of ketones is 1. The number of carbonyl (C=O) groups excluding carboxylic acids is 1. The first-order valence-electron chi connectivity index (χ1n) is 6.64. The number of phenols is 3. The van der Waals surface area contributed by atoms with Crippen LogP contribution >= 0.6 is 0 Å². The third-order valence-electron chi connectivity index (χ3n) is 3.30. The topological polar surface area (TPSA) is 141 Å². The van der Waals surface area contributed by atoms with Gasteiger partial charge in [-0.05, 0) is 17.7 Å². The highest BCUT2D eigenvalue weighted by Crippen LogP contribution is 2.35. The van der Waals surface area contributed by atoms with Gasteiger partial charge < -0.3 is 19.5 Å². The Labute approximate surface area is 137 Å². The van der Waals surface area contributed by atoms with Gasteiger partial charge in [-0.15, -0.1) is 0 Å². The summed E-state index contributed by atoms with van der Waals surface area (Å²) in [6.45, 7) is 1.52. The van der Waals surface area contributed by atoms with Crippen molar-refractivity contribution in [1.82, 2.24) is 0 Å². The normalized spacial score (nSPS) is 12.6. The van der Waals surface area contributed by atoms with Crippen molar-refractivity contribution in [2.45, 2.75) is 12.8 Å². The van der Waals surface area contributed by atoms with Crippen LogP contribution in [-0.2, 0) is 10.4 Å². The zero-order valence-corrected chi connectivity index (χ0v) is 13.2. The standard InChI is InChI=1S/C15H14O8S/c1-8(9-2-4-11(5-3-9)23-24(20,21)22)15(19)14-12(17)6-10(16)7-13(14)18/h2-8,16-18H,1H3,(H,20,21,22). The van der Waals surface area contributed by atoms with E-state index in [4.69, 9.17) is 4.55 Å². The molecule has 0 heterocycles. The van der Waals surface area contributed by atoms with Gasteiger partial charge in [0.05, 0.1) is 0 Å². The maximum atomic E-state index is 12.4. The van der Waals surface area contributed by atoms with Gasteiger partial charge in [-0.25, -0.2) is 0 Å². The van der Waals surface area contributed by atoms with Crippen molar-refractivity contribution in [3.05, 3.63) is 47.5 Å². The molecular weight excluding hydrogens is 340 g/mol. The van der Waals surface area contributed by atoms with Gasteiger partial charge in [0.1, 0.15) is 28.6 Å². The first-order chi connectivity index (χ1) is 11.1. The number of hydrogen-bond acceptors (Lipinski definition) is 7. The summed E-state index contributed by atoms with van der Waals surface area (Å²) < 4.78 is 34.1. The van der Waals surface area contributed by atoms with Crippen LogP contribution in [0.3, 0.4) is 0 Å². The first-order valence-corrected chi connectivity index (χ1v) is 8.01. The fraction of sp³-hybridized carbons (Fsp3) is 0.133. The summed E-state index contributed by atoms with van der Waals surface area (Å²) in [6.07, 6.45) is 0. The van der Waals surface area contributed by atoms with Gasteiger partial charge in [0.15, 0.2) is 5.78 Å². The van der Waals surface area contributed by atoms with E-state index in [1.165, 1.54) is 31.2 Å². The van der Waals surface area contributed by atoms with E-state index in [0.717, 1.165) is 12.1 Å². The Kier molecular flexibility index (Phi) is 4.67. The molecule has 1 unspecified atom stereocenters. The molecule has 128 valence electrons. The van der Waals surface area contributed by atoms with Crippen LogP contribution in [-0.4, -0.2) is 34.1 Å². The van der Waals surface area contributed by atoms with E-state index in [1.54, 1.807) is 0 Å². The smallest absolute Gasteiger partial charge is 0.446 e. The van der Waals surface area contributed by atoms with Crippen molar-refractivity contribution in [1.29, 1.82) is 0 Å². The Morgan fingerprint density at radius 1 is 1.04 bits per heavy atom. The third-order valence-corrected chi connectivity index (χ3v) is 3.71. The van der Waals surface area contributed by atoms with Gasteiger partial charge in [-0.3, -0.25) is 9.35 Å². The Balaban J connectivity index is 2.29. The predicted molar refractivity (Wildman–Crippen MR) is 82.8 cm³/mol. The molecule has 2 rings (SSSR count). The molecule has 0 spiro atoms. The molecule has 0 saturated heterocycles. The Bertz CT molecular complexity index is 848. The summed E-state index contributed by atoms with van der Waals surface area (Å²) in [5.41, 5.74) is 0.119. The van der Waals surface area contributed by atoms with Crippen molar-refractivity contribution in [2.75, 3.05) is 0 Å². The van der Waals surface area contributed by atoms with Gasteiger partial charge in [0.2, 0.25) is 0 Å². The lowest BCUT2D eigenvalue weighted by Crippen LogP contribution is -2.11. The lowest BCUT2D eigenvalue weighted by molar-refractivity contribution is 0.0960. The predicted octanol–water partition coefficient (Wildman–Crippen LogP) is 1.97. The third kappa shape index (κ3) is 3.94. The molecule has 0 aliphatic rings. The van der Waals surface area contributed by atoms with Crippen LogP contribution in [0, 0.1) is 0 Å². The van der Waals surface area contributed by atoms with Crippen molar-refractivity contribution in [3.8, 4) is 23.0 Å². The second-order valence-electron chi connectivity index (χ2n) is 5.03. The molecule has 0 aliphatic heterocycles. The highest BCUT2D eigenvalue weighted by molar-refractivity contribution is 7.81. The van der Waals surface area contributed by atoms with Crippen LogP contribution in [0.15, 0.2) is 36.4 Å². The number of hydrogen-bond donors (Lipinski definition) is 4. The van der Waals surface area contributed by atoms with Gasteiger partial charge in [0, 0.05) is 18.1 Å². The summed E-state index contributed by atoms with van der Waals surface area (Å²) in [5, 5.41) is 28.8. The highest BCUT2D eigenvalue weighted by Gasteiger charge is 2.24. The molecule has 2 aromatic carbocycles. The average Bonchev–Trinajstić information content (AvgIpc) is 2.44. The van der Waals surface area contributed by atoms with E-state index in [-0.39, 0.29) is 17.1 Å². The fourth-order valence-electron chi connectivity index (χ4n) is 2.15. The summed E-state index contributed by atoms with van der Waals surface area (Å²) in [7, 11) is -4.64. The van der Waals surface area contributed by atoms with E-state index in [0.29, 0.717) is 5.56 Å². The molecule has 9 heteroatoms. The van der Waals surface area contributed by atoms with Gasteiger partial charge >= 0.3 is 10.4 Å². The monoisotopic (exact) mass is 354 g/mol. The summed E-state index contributed by atoms with van der Waals surface area (Å²) in [5.74, 6) is -3.04. The van der Waals surface area contributed by atoms with Crippen molar-refractivity contribution in [3.63, 3.8) is 0 Å². The lowest BCUT2D eigenvalue weighted by atomic mass is 9.91. The molecule has 1 atom stereocenters. The minimum absolute atomic E-state index is 0.142. The van der Waals surface area contributed by atoms with E-state index in [9.17, 15) is 28.5 Å². The number of rotatable bonds is 5. The molecule has 0 aliphatic carbocycles. The van der Waals surface area contributed by atoms with Crippen molar-refractivity contribution >= 4 is 16.2 Å². The van der Waals surface area contributed by atoms with Crippen molar-refractivity contribution < 1.29 is 37.3 Å². The molecule has 8 nitrogen and oxygen atoms in total. The van der Waals surface area contributed by atoms with E-state index >= 15 is 0 Å². The number of Topliss-reactive ketones (excluding diaryl/α,β-unsaturated/α-hetero) is 1. The zero-order valence-electron chi connectivity index (χ0n) is 12.4. The molecule has 4 N–H and O–H groups in total. The molecule has 0 radical (unpaired) electrons. The van der Waals surface area contributed by atoms with E-state index in [2.05, 4.69) is 4.18 Å². The van der Waals surface area contributed by atoms with Crippen LogP contribution in [0.4, 0.5) is 0 Å². The Morgan fingerprint density at radius 3 is 2.00 bits per heavy atom. The largest absolute Gasteiger partial charge is 0.508 e. The maximum Gasteiger partial charge on any atom is 0.446 e. The van der Waals surface area contributed by atoms with Crippen LogP contribution in [0.1, 0.15) is 28.8 Å². The summed E-state index contributed by atoms with van der Waals surface area (Å²) in [4.78, 5) is 12.4. The SMILES string of the molecule is CC(C(=O)c1c(O)cc(O)cc1O)c1ccc(OS(=O)(=O)O)cc1. The molecule has 0 amide bonds. The zero-order chi connectivity index (χ0) is 18.1. The fourth-order valence-corrected chi connectivity index (χ4v) is 2.51. The number of phenolic OH excluding ortho intramolecular Hbond substituents is 3. The Hall–Kier alpha value is -2.78. The molecule has 24 heavy (non-hydrogen) atoms. The van der Waals surface area contributed by atoms with Crippen molar-refractivity contribution in [2.24, 2.45) is 0 Å². The second-order valence-corrected chi connectivity index (χ2v) is 6.05. The van der Waals surface area contributed by atoms with Gasteiger partial charge in [0.25, 0.3) is 0 Å². The molecule has 0 aromatic heterocycles. The van der Waals surface area contributed by atoms with E-state index in [1.807, 2.05) is 0 Å². The average molecular weight is 354 g/mol. The quantitative estimate of drug-likeness (QED) is 0.472. The lowest BCUT2D eigenvalue weighted by Gasteiger charge is -2.14.